The van der Waals surface area contributed by atoms with Crippen molar-refractivity contribution in [2.45, 2.75) is 53.2 Å². The second kappa shape index (κ2) is 8.01. The zero-order valence-corrected chi connectivity index (χ0v) is 15.5. The van der Waals surface area contributed by atoms with Gasteiger partial charge in [0.25, 0.3) is 11.5 Å². The summed E-state index contributed by atoms with van der Waals surface area (Å²) in [5.74, 6) is 0.802. The number of pyridine rings is 1. The topological polar surface area (TPSA) is 71.2 Å². The fourth-order valence-corrected chi connectivity index (χ4v) is 2.63. The number of carbonyl (C=O) groups is 1. The van der Waals surface area contributed by atoms with Crippen molar-refractivity contribution >= 4 is 5.91 Å². The van der Waals surface area contributed by atoms with Crippen molar-refractivity contribution in [2.75, 3.05) is 0 Å². The minimum absolute atomic E-state index is 0.170. The number of benzene rings is 1. The van der Waals surface area contributed by atoms with E-state index in [1.807, 2.05) is 44.2 Å². The molecule has 5 nitrogen and oxygen atoms in total. The number of hydrogen-bond donors (Lipinski definition) is 2. The molecule has 0 aliphatic heterocycles. The van der Waals surface area contributed by atoms with Crippen molar-refractivity contribution in [3.63, 3.8) is 0 Å². The van der Waals surface area contributed by atoms with Crippen molar-refractivity contribution in [1.29, 1.82) is 0 Å². The lowest BCUT2D eigenvalue weighted by Gasteiger charge is -2.16. The normalized spacial score (nSPS) is 12.1. The number of aromatic nitrogens is 1. The minimum atomic E-state index is -0.646. The van der Waals surface area contributed by atoms with Crippen LogP contribution < -0.4 is 15.6 Å². The van der Waals surface area contributed by atoms with Gasteiger partial charge in [0.1, 0.15) is 5.75 Å². The van der Waals surface area contributed by atoms with Gasteiger partial charge in [0, 0.05) is 17.8 Å². The first-order valence-electron chi connectivity index (χ1n) is 8.51. The van der Waals surface area contributed by atoms with E-state index in [0.29, 0.717) is 17.2 Å². The summed E-state index contributed by atoms with van der Waals surface area (Å²) in [6.07, 6.45) is -0.646. The highest BCUT2D eigenvalue weighted by molar-refractivity contribution is 5.80. The third-order valence-electron chi connectivity index (χ3n) is 4.14. The highest BCUT2D eigenvalue weighted by atomic mass is 16.5. The number of carbonyl (C=O) groups excluding carboxylic acids is 1. The second-order valence-electron chi connectivity index (χ2n) is 6.65. The van der Waals surface area contributed by atoms with Gasteiger partial charge in [-0.05, 0) is 56.0 Å². The van der Waals surface area contributed by atoms with E-state index in [2.05, 4.69) is 24.1 Å². The molecule has 0 fully saturated rings. The van der Waals surface area contributed by atoms with E-state index in [1.165, 1.54) is 0 Å². The number of ether oxygens (including phenoxy) is 1. The highest BCUT2D eigenvalue weighted by Gasteiger charge is 2.16. The molecule has 1 aromatic heterocycles. The highest BCUT2D eigenvalue weighted by Crippen LogP contribution is 2.21. The molecule has 0 unspecified atom stereocenters. The average Bonchev–Trinajstić information content (AvgIpc) is 2.53. The molecule has 0 aliphatic carbocycles. The van der Waals surface area contributed by atoms with Crippen molar-refractivity contribution in [3.8, 4) is 5.75 Å². The predicted molar refractivity (Wildman–Crippen MR) is 99.0 cm³/mol. The van der Waals surface area contributed by atoms with Gasteiger partial charge in [-0.25, -0.2) is 0 Å². The quantitative estimate of drug-likeness (QED) is 0.847. The summed E-state index contributed by atoms with van der Waals surface area (Å²) >= 11 is 0. The molecule has 1 heterocycles. The second-order valence-corrected chi connectivity index (χ2v) is 6.65. The van der Waals surface area contributed by atoms with E-state index in [4.69, 9.17) is 4.74 Å². The molecule has 2 N–H and O–H groups in total. The van der Waals surface area contributed by atoms with Gasteiger partial charge in [-0.15, -0.1) is 0 Å². The third-order valence-corrected chi connectivity index (χ3v) is 4.14. The minimum Gasteiger partial charge on any atom is -0.481 e. The van der Waals surface area contributed by atoms with E-state index in [1.54, 1.807) is 6.92 Å². The average molecular weight is 342 g/mol. The van der Waals surface area contributed by atoms with E-state index < -0.39 is 6.10 Å². The Kier molecular flexibility index (Phi) is 6.02. The van der Waals surface area contributed by atoms with Gasteiger partial charge in [-0.3, -0.25) is 9.59 Å². The molecular weight excluding hydrogens is 316 g/mol. The van der Waals surface area contributed by atoms with Crippen molar-refractivity contribution in [2.24, 2.45) is 0 Å². The van der Waals surface area contributed by atoms with Crippen molar-refractivity contribution in [3.05, 3.63) is 63.1 Å². The SMILES string of the molecule is Cc1cc(C)c(CNC(=O)[C@H](C)Oc2cccc(C(C)C)c2)c(=O)[nH]1. The molecule has 2 aromatic rings. The third kappa shape index (κ3) is 4.95. The number of aromatic amines is 1. The van der Waals surface area contributed by atoms with E-state index in [0.717, 1.165) is 16.8 Å². The molecule has 1 aromatic carbocycles. The summed E-state index contributed by atoms with van der Waals surface area (Å²) < 4.78 is 5.74. The molecule has 0 saturated carbocycles. The van der Waals surface area contributed by atoms with Crippen molar-refractivity contribution in [1.82, 2.24) is 10.3 Å². The summed E-state index contributed by atoms with van der Waals surface area (Å²) in [5.41, 5.74) is 3.22. The molecule has 25 heavy (non-hydrogen) atoms. The Morgan fingerprint density at radius 1 is 1.20 bits per heavy atom. The van der Waals surface area contributed by atoms with Crippen molar-refractivity contribution < 1.29 is 9.53 Å². The maximum Gasteiger partial charge on any atom is 0.261 e. The molecular formula is C20H26N2O3. The molecule has 1 atom stereocenters. The number of aryl methyl sites for hydroxylation is 2. The Labute approximate surface area is 148 Å². The Morgan fingerprint density at radius 3 is 2.56 bits per heavy atom. The predicted octanol–water partition coefficient (Wildman–Crippen LogP) is 3.20. The Morgan fingerprint density at radius 2 is 1.92 bits per heavy atom. The molecule has 0 spiro atoms. The van der Waals surface area contributed by atoms with Gasteiger partial charge in [0.15, 0.2) is 6.10 Å². The first-order chi connectivity index (χ1) is 11.8. The Hall–Kier alpha value is -2.56. The van der Waals surface area contributed by atoms with Crippen LogP contribution >= 0.6 is 0 Å². The fraction of sp³-hybridized carbons (Fsp3) is 0.400. The van der Waals surface area contributed by atoms with Crippen LogP contribution in [0.4, 0.5) is 0 Å². The summed E-state index contributed by atoms with van der Waals surface area (Å²) in [6, 6.07) is 9.63. The van der Waals surface area contributed by atoms with Gasteiger partial charge in [-0.1, -0.05) is 26.0 Å². The van der Waals surface area contributed by atoms with Crippen LogP contribution in [0.5, 0.6) is 5.75 Å². The standard InChI is InChI=1S/C20H26N2O3/c1-12(2)16-7-6-8-17(10-16)25-15(5)19(23)21-11-18-13(3)9-14(4)22-20(18)24/h6-10,12,15H,11H2,1-5H3,(H,21,23)(H,22,24)/t15-/m0/s1. The Bertz CT molecular complexity index is 809. The van der Waals surface area contributed by atoms with Crippen LogP contribution in [0.25, 0.3) is 0 Å². The first-order valence-corrected chi connectivity index (χ1v) is 8.51. The number of nitrogens with one attached hydrogen (secondary N) is 2. The molecule has 134 valence electrons. The lowest BCUT2D eigenvalue weighted by molar-refractivity contribution is -0.127. The molecule has 0 bridgehead atoms. The maximum absolute atomic E-state index is 12.3. The molecule has 1 amide bonds. The van der Waals surface area contributed by atoms with Gasteiger partial charge in [0.2, 0.25) is 0 Å². The van der Waals surface area contributed by atoms with Crippen LogP contribution in [-0.2, 0) is 11.3 Å². The van der Waals surface area contributed by atoms with Crippen LogP contribution in [0, 0.1) is 13.8 Å². The molecule has 5 heteroatoms. The summed E-state index contributed by atoms with van der Waals surface area (Å²) in [7, 11) is 0. The number of amides is 1. The van der Waals surface area contributed by atoms with E-state index in [-0.39, 0.29) is 18.0 Å². The maximum atomic E-state index is 12.3. The van der Waals surface area contributed by atoms with Crippen LogP contribution in [0.3, 0.4) is 0 Å². The number of hydrogen-bond acceptors (Lipinski definition) is 3. The summed E-state index contributed by atoms with van der Waals surface area (Å²) in [4.78, 5) is 27.0. The van der Waals surface area contributed by atoms with E-state index >= 15 is 0 Å². The largest absolute Gasteiger partial charge is 0.481 e. The molecule has 0 radical (unpaired) electrons. The van der Waals surface area contributed by atoms with Crippen LogP contribution in [0.15, 0.2) is 35.1 Å². The summed E-state index contributed by atoms with van der Waals surface area (Å²) in [6.45, 7) is 9.79. The first kappa shape index (κ1) is 18.8. The molecule has 2 rings (SSSR count). The smallest absolute Gasteiger partial charge is 0.261 e. The monoisotopic (exact) mass is 342 g/mol. The van der Waals surface area contributed by atoms with Gasteiger partial charge in [-0.2, -0.15) is 0 Å². The van der Waals surface area contributed by atoms with Crippen LogP contribution in [0.1, 0.15) is 49.1 Å². The molecule has 0 saturated heterocycles. The van der Waals surface area contributed by atoms with Gasteiger partial charge >= 0.3 is 0 Å². The van der Waals surface area contributed by atoms with Gasteiger partial charge < -0.3 is 15.0 Å². The van der Waals surface area contributed by atoms with E-state index in [9.17, 15) is 9.59 Å². The summed E-state index contributed by atoms with van der Waals surface area (Å²) in [5, 5.41) is 2.77. The lowest BCUT2D eigenvalue weighted by Crippen LogP contribution is -2.37. The zero-order valence-electron chi connectivity index (χ0n) is 15.5. The number of H-pyrrole nitrogens is 1. The number of rotatable bonds is 6. The molecule has 0 aliphatic rings. The van der Waals surface area contributed by atoms with Crippen LogP contribution in [-0.4, -0.2) is 17.0 Å². The zero-order chi connectivity index (χ0) is 18.6. The Balaban J connectivity index is 1.99. The fourth-order valence-electron chi connectivity index (χ4n) is 2.63. The lowest BCUT2D eigenvalue weighted by atomic mass is 10.0. The van der Waals surface area contributed by atoms with Gasteiger partial charge in [0.05, 0.1) is 0 Å². The van der Waals surface area contributed by atoms with Crippen LogP contribution in [0.2, 0.25) is 0 Å².